The van der Waals surface area contributed by atoms with Crippen LogP contribution in [0.1, 0.15) is 6.42 Å². The first kappa shape index (κ1) is 27.2. The molecule has 3 aliphatic rings. The van der Waals surface area contributed by atoms with E-state index in [1.54, 1.807) is 30.7 Å². The van der Waals surface area contributed by atoms with Gasteiger partial charge in [0.15, 0.2) is 0 Å². The van der Waals surface area contributed by atoms with Crippen LogP contribution in [0.5, 0.6) is 0 Å². The number of hydrogen-bond acceptors (Lipinski definition) is 10. The molecular weight excluding hydrogens is 547 g/mol. The predicted molar refractivity (Wildman–Crippen MR) is 153 cm³/mol. The van der Waals surface area contributed by atoms with E-state index in [9.17, 15) is 13.6 Å². The largest absolute Gasteiger partial charge is 0.771 e. The van der Waals surface area contributed by atoms with Crippen LogP contribution in [-0.4, -0.2) is 72.6 Å². The lowest BCUT2D eigenvalue weighted by atomic mass is 9.88. The molecule has 0 spiro atoms. The fourth-order valence-corrected chi connectivity index (χ4v) is 6.64. The number of anilines is 4. The van der Waals surface area contributed by atoms with Gasteiger partial charge in [0.1, 0.15) is 11.6 Å². The number of halogens is 1. The molecule has 2 aromatic heterocycles. The molecule has 1 amide bonds. The summed E-state index contributed by atoms with van der Waals surface area (Å²) < 4.78 is 37.1. The molecule has 5 atom stereocenters. The summed E-state index contributed by atoms with van der Waals surface area (Å²) in [6, 6.07) is 8.38. The third-order valence-electron chi connectivity index (χ3n) is 8.06. The summed E-state index contributed by atoms with van der Waals surface area (Å²) in [5.74, 6) is -0.0387. The molecule has 13 heteroatoms. The number of fused-ring (bicyclic) bond motifs is 2. The van der Waals surface area contributed by atoms with Crippen LogP contribution in [0.4, 0.5) is 27.5 Å². The number of allylic oxidation sites excluding steroid dienone is 1. The molecule has 1 saturated carbocycles. The molecule has 2 aliphatic carbocycles. The average molecular weight is 578 g/mol. The minimum atomic E-state index is -2.13. The monoisotopic (exact) mass is 577 g/mol. The smallest absolute Gasteiger partial charge is 0.229 e. The van der Waals surface area contributed by atoms with Gasteiger partial charge in [-0.1, -0.05) is 18.2 Å². The molecule has 1 aromatic carbocycles. The average Bonchev–Trinajstić information content (AvgIpc) is 3.56. The third-order valence-corrected chi connectivity index (χ3v) is 8.63. The maximum atomic E-state index is 15.2. The van der Waals surface area contributed by atoms with Gasteiger partial charge in [-0.2, -0.15) is 4.98 Å². The van der Waals surface area contributed by atoms with Gasteiger partial charge in [0, 0.05) is 67.6 Å². The Hall–Kier alpha value is -3.94. The topological polar surface area (TPSA) is 152 Å². The summed E-state index contributed by atoms with van der Waals surface area (Å²) in [7, 11) is 0. The number of nitrogens with zero attached hydrogens (tertiary/aromatic N) is 5. The van der Waals surface area contributed by atoms with E-state index in [0.29, 0.717) is 43.4 Å². The van der Waals surface area contributed by atoms with E-state index in [0.717, 1.165) is 17.5 Å². The van der Waals surface area contributed by atoms with Crippen molar-refractivity contribution >= 4 is 40.1 Å². The Kier molecular flexibility index (Phi) is 7.65. The number of amides is 1. The van der Waals surface area contributed by atoms with Crippen molar-refractivity contribution in [2.24, 2.45) is 23.5 Å². The van der Waals surface area contributed by atoms with E-state index in [1.807, 2.05) is 21.9 Å². The number of benzene rings is 1. The van der Waals surface area contributed by atoms with Crippen LogP contribution in [-0.2, 0) is 15.9 Å². The molecule has 0 radical (unpaired) electrons. The summed E-state index contributed by atoms with van der Waals surface area (Å²) >= 11 is -2.13. The van der Waals surface area contributed by atoms with Crippen molar-refractivity contribution in [3.63, 3.8) is 0 Å². The standard InChI is InChI=1S/C28H31FN8O3S/c29-22-13-20(5-6-23(22)37-10-8-36(9-11-37)16-41(39)40)33-28-32-15-21(19-2-1-7-31-14-19)27(35-28)34-25-18-4-3-17(12-18)24(25)26(30)38/h1-7,13-15,17-18,24-25H,8-12,16H2,(H2,30,38)(H,39,40)(H2,32,33,34,35)/p-1/t17?,18?,24-,25+/m0/s1. The zero-order valence-electron chi connectivity index (χ0n) is 22.1. The van der Waals surface area contributed by atoms with E-state index in [1.165, 1.54) is 6.07 Å². The van der Waals surface area contributed by atoms with Gasteiger partial charge in [0.2, 0.25) is 11.9 Å². The Morgan fingerprint density at radius 2 is 1.95 bits per heavy atom. The van der Waals surface area contributed by atoms with Crippen molar-refractivity contribution in [2.75, 3.05) is 47.6 Å². The zero-order valence-corrected chi connectivity index (χ0v) is 23.0. The van der Waals surface area contributed by atoms with E-state index < -0.39 is 16.9 Å². The zero-order chi connectivity index (χ0) is 28.5. The molecule has 4 N–H and O–H groups in total. The van der Waals surface area contributed by atoms with Crippen LogP contribution in [0.15, 0.2) is 61.1 Å². The Morgan fingerprint density at radius 3 is 2.66 bits per heavy atom. The first-order valence-corrected chi connectivity index (χ1v) is 14.7. The highest BCUT2D eigenvalue weighted by Gasteiger charge is 2.47. The SMILES string of the molecule is NC(=O)[C@H]1C2C=CC(C2)[C@H]1Nc1nc(Nc2ccc(N3CCN(CS(=O)[O-])CC3)c(F)c2)ncc1-c1cccnc1. The second-order valence-corrected chi connectivity index (χ2v) is 11.4. The quantitative estimate of drug-likeness (QED) is 0.255. The van der Waals surface area contributed by atoms with Gasteiger partial charge in [-0.25, -0.2) is 9.37 Å². The number of piperazine rings is 1. The van der Waals surface area contributed by atoms with Crippen molar-refractivity contribution in [1.82, 2.24) is 19.9 Å². The fourth-order valence-electron chi connectivity index (χ4n) is 6.09. The van der Waals surface area contributed by atoms with E-state index in [2.05, 4.69) is 32.8 Å². The first-order valence-electron chi connectivity index (χ1n) is 13.5. The minimum absolute atomic E-state index is 0.0164. The second kappa shape index (κ2) is 11.5. The van der Waals surface area contributed by atoms with Crippen LogP contribution in [0, 0.1) is 23.6 Å². The number of carbonyl (C=O) groups is 1. The van der Waals surface area contributed by atoms with Gasteiger partial charge in [-0.3, -0.25) is 18.9 Å². The molecule has 1 saturated heterocycles. The maximum Gasteiger partial charge on any atom is 0.229 e. The second-order valence-electron chi connectivity index (χ2n) is 10.6. The molecule has 3 aromatic rings. The van der Waals surface area contributed by atoms with Crippen molar-refractivity contribution in [2.45, 2.75) is 12.5 Å². The molecule has 11 nitrogen and oxygen atoms in total. The molecule has 1 aliphatic heterocycles. The number of pyridine rings is 1. The summed E-state index contributed by atoms with van der Waals surface area (Å²) in [5.41, 5.74) is 8.25. The Labute approximate surface area is 239 Å². The number of aromatic nitrogens is 3. The van der Waals surface area contributed by atoms with Gasteiger partial charge in [-0.05, 0) is 53.6 Å². The number of rotatable bonds is 9. The van der Waals surface area contributed by atoms with Crippen molar-refractivity contribution < 1.29 is 17.9 Å². The van der Waals surface area contributed by atoms with Gasteiger partial charge in [-0.15, -0.1) is 0 Å². The lowest BCUT2D eigenvalue weighted by Crippen LogP contribution is -2.47. The van der Waals surface area contributed by atoms with E-state index in [4.69, 9.17) is 10.7 Å². The lowest BCUT2D eigenvalue weighted by molar-refractivity contribution is -0.122. The van der Waals surface area contributed by atoms with Gasteiger partial charge in [0.05, 0.1) is 17.5 Å². The Balaban J connectivity index is 1.22. The van der Waals surface area contributed by atoms with Gasteiger partial charge < -0.3 is 25.8 Å². The molecule has 2 fully saturated rings. The van der Waals surface area contributed by atoms with Gasteiger partial charge >= 0.3 is 0 Å². The molecule has 2 bridgehead atoms. The molecule has 6 rings (SSSR count). The van der Waals surface area contributed by atoms with Crippen molar-refractivity contribution in [3.8, 4) is 11.1 Å². The Morgan fingerprint density at radius 1 is 1.15 bits per heavy atom. The van der Waals surface area contributed by atoms with Crippen LogP contribution < -0.4 is 21.3 Å². The number of nitrogens with two attached hydrogens (primary N) is 1. The fraction of sp³-hybridized carbons (Fsp3) is 0.357. The number of nitrogens with one attached hydrogen (secondary N) is 2. The predicted octanol–water partition coefficient (Wildman–Crippen LogP) is 2.47. The highest BCUT2D eigenvalue weighted by molar-refractivity contribution is 7.79. The van der Waals surface area contributed by atoms with Crippen LogP contribution in [0.25, 0.3) is 11.1 Å². The number of primary amides is 1. The van der Waals surface area contributed by atoms with Crippen LogP contribution >= 0.6 is 0 Å². The summed E-state index contributed by atoms with van der Waals surface area (Å²) in [6.07, 6.45) is 10.1. The van der Waals surface area contributed by atoms with E-state index in [-0.39, 0.29) is 41.5 Å². The highest BCUT2D eigenvalue weighted by atomic mass is 32.2. The van der Waals surface area contributed by atoms with Crippen LogP contribution in [0.3, 0.4) is 0 Å². The van der Waals surface area contributed by atoms with Gasteiger partial charge in [0.25, 0.3) is 0 Å². The molecule has 3 unspecified atom stereocenters. The molecule has 41 heavy (non-hydrogen) atoms. The molecule has 3 heterocycles. The molecule has 214 valence electrons. The summed E-state index contributed by atoms with van der Waals surface area (Å²) in [6.45, 7) is 2.13. The third kappa shape index (κ3) is 5.78. The summed E-state index contributed by atoms with van der Waals surface area (Å²) in [4.78, 5) is 29.5. The molecular formula is C28H30FN8O3S-. The normalized spacial score (nSPS) is 24.4. The number of hydrogen-bond donors (Lipinski definition) is 3. The lowest BCUT2D eigenvalue weighted by Gasteiger charge is -2.36. The summed E-state index contributed by atoms with van der Waals surface area (Å²) in [5, 5.41) is 6.58. The van der Waals surface area contributed by atoms with Crippen molar-refractivity contribution in [3.05, 3.63) is 66.9 Å². The minimum Gasteiger partial charge on any atom is -0.771 e. The Bertz CT molecular complexity index is 1480. The first-order chi connectivity index (χ1) is 19.9. The van der Waals surface area contributed by atoms with E-state index >= 15 is 4.39 Å². The highest BCUT2D eigenvalue weighted by Crippen LogP contribution is 2.45. The number of carbonyl (C=O) groups excluding carboxylic acids is 1. The van der Waals surface area contributed by atoms with Crippen LogP contribution in [0.2, 0.25) is 0 Å². The van der Waals surface area contributed by atoms with Crippen molar-refractivity contribution in [1.29, 1.82) is 0 Å². The maximum absolute atomic E-state index is 15.2.